The Morgan fingerprint density at radius 3 is 2.81 bits per heavy atom. The largest absolute Gasteiger partial charge is 0.474 e. The first kappa shape index (κ1) is 12.3. The van der Waals surface area contributed by atoms with Gasteiger partial charge < -0.3 is 9.47 Å². The predicted octanol–water partition coefficient (Wildman–Crippen LogP) is 2.06. The third kappa shape index (κ3) is 4.18. The van der Waals surface area contributed by atoms with E-state index >= 15 is 0 Å². The van der Waals surface area contributed by atoms with E-state index in [-0.39, 0.29) is 6.10 Å². The van der Waals surface area contributed by atoms with Gasteiger partial charge >= 0.3 is 0 Å². The van der Waals surface area contributed by atoms with Crippen LogP contribution in [0.3, 0.4) is 0 Å². The van der Waals surface area contributed by atoms with Crippen LogP contribution < -0.4 is 9.47 Å². The summed E-state index contributed by atoms with van der Waals surface area (Å²) in [5, 5.41) is 0. The van der Waals surface area contributed by atoms with Gasteiger partial charge in [-0.3, -0.25) is 0 Å². The Balaban J connectivity index is 2.58. The summed E-state index contributed by atoms with van der Waals surface area (Å²) in [6.45, 7) is 6.14. The van der Waals surface area contributed by atoms with E-state index in [1.807, 2.05) is 6.92 Å². The maximum atomic E-state index is 5.54. The van der Waals surface area contributed by atoms with Crippen molar-refractivity contribution in [2.75, 3.05) is 6.61 Å². The Morgan fingerprint density at radius 1 is 1.38 bits per heavy atom. The first-order valence-electron chi connectivity index (χ1n) is 5.27. The number of rotatable bonds is 5. The summed E-state index contributed by atoms with van der Waals surface area (Å²) in [5.74, 6) is 6.55. The van der Waals surface area contributed by atoms with E-state index < -0.39 is 0 Å². The minimum Gasteiger partial charge on any atom is -0.474 e. The van der Waals surface area contributed by atoms with E-state index in [0.29, 0.717) is 18.4 Å². The lowest BCUT2D eigenvalue weighted by Gasteiger charge is -2.11. The van der Waals surface area contributed by atoms with E-state index in [4.69, 9.17) is 9.47 Å². The van der Waals surface area contributed by atoms with Gasteiger partial charge in [-0.15, -0.1) is 5.92 Å². The van der Waals surface area contributed by atoms with Gasteiger partial charge in [0.25, 0.3) is 0 Å². The molecule has 4 nitrogen and oxygen atoms in total. The normalized spacial score (nSPS) is 11.2. The monoisotopic (exact) mass is 220 g/mol. The van der Waals surface area contributed by atoms with Gasteiger partial charge in [-0.2, -0.15) is 0 Å². The van der Waals surface area contributed by atoms with Crippen molar-refractivity contribution in [1.82, 2.24) is 9.97 Å². The highest BCUT2D eigenvalue weighted by Crippen LogP contribution is 2.14. The Hall–Kier alpha value is -1.76. The van der Waals surface area contributed by atoms with Crippen LogP contribution in [0.25, 0.3) is 0 Å². The molecule has 0 fully saturated rings. The molecule has 1 heterocycles. The molecule has 0 aromatic carbocycles. The summed E-state index contributed by atoms with van der Waals surface area (Å²) in [6, 6.07) is 1.67. The smallest absolute Gasteiger partial charge is 0.221 e. The van der Waals surface area contributed by atoms with E-state index in [2.05, 4.69) is 28.7 Å². The van der Waals surface area contributed by atoms with Gasteiger partial charge in [0, 0.05) is 0 Å². The van der Waals surface area contributed by atoms with Crippen LogP contribution in [0.1, 0.15) is 27.2 Å². The van der Waals surface area contributed by atoms with Gasteiger partial charge in [-0.25, -0.2) is 9.97 Å². The predicted molar refractivity (Wildman–Crippen MR) is 61.4 cm³/mol. The highest BCUT2D eigenvalue weighted by atomic mass is 16.5. The number of aromatic nitrogens is 2. The van der Waals surface area contributed by atoms with Crippen LogP contribution in [0.15, 0.2) is 12.4 Å². The summed E-state index contributed by atoms with van der Waals surface area (Å²) in [6.07, 6.45) is 2.49. The molecular formula is C12H16N2O2. The van der Waals surface area contributed by atoms with Crippen LogP contribution in [0.2, 0.25) is 0 Å². The molecule has 1 aromatic heterocycles. The third-order valence-corrected chi connectivity index (χ3v) is 1.98. The first-order chi connectivity index (χ1) is 7.76. The molecule has 1 aromatic rings. The van der Waals surface area contributed by atoms with Crippen molar-refractivity contribution in [3.63, 3.8) is 0 Å². The maximum absolute atomic E-state index is 5.54. The van der Waals surface area contributed by atoms with Gasteiger partial charge in [0.15, 0.2) is 6.61 Å². The summed E-state index contributed by atoms with van der Waals surface area (Å²) < 4.78 is 10.8. The van der Waals surface area contributed by atoms with Crippen molar-refractivity contribution in [1.29, 1.82) is 0 Å². The molecule has 0 N–H and O–H groups in total. The van der Waals surface area contributed by atoms with Crippen LogP contribution in [-0.4, -0.2) is 22.7 Å². The molecule has 1 rings (SSSR count). The van der Waals surface area contributed by atoms with Gasteiger partial charge in [0.05, 0.1) is 12.2 Å². The average Bonchev–Trinajstić information content (AvgIpc) is 2.30. The number of hydrogen-bond acceptors (Lipinski definition) is 4. The molecule has 0 aliphatic heterocycles. The lowest BCUT2D eigenvalue weighted by Crippen LogP contribution is -2.11. The fourth-order valence-corrected chi connectivity index (χ4v) is 0.938. The Labute approximate surface area is 96.0 Å². The molecule has 0 radical (unpaired) electrons. The fraction of sp³-hybridized carbons (Fsp3) is 0.500. The molecule has 0 spiro atoms. The van der Waals surface area contributed by atoms with E-state index in [1.165, 1.54) is 6.33 Å². The lowest BCUT2D eigenvalue weighted by molar-refractivity contribution is 0.206. The van der Waals surface area contributed by atoms with Crippen molar-refractivity contribution in [3.8, 4) is 23.6 Å². The van der Waals surface area contributed by atoms with Gasteiger partial charge in [0.1, 0.15) is 6.33 Å². The van der Waals surface area contributed by atoms with E-state index in [1.54, 1.807) is 13.0 Å². The lowest BCUT2D eigenvalue weighted by atomic mass is 10.3. The molecule has 1 atom stereocenters. The minimum atomic E-state index is 0.137. The summed E-state index contributed by atoms with van der Waals surface area (Å²) in [5.41, 5.74) is 0. The quantitative estimate of drug-likeness (QED) is 0.712. The first-order valence-corrected chi connectivity index (χ1v) is 5.27. The SMILES string of the molecule is CC#CCOc1cc(O[C@H](C)CC)ncn1. The van der Waals surface area contributed by atoms with Crippen LogP contribution in [0.5, 0.6) is 11.8 Å². The Bertz CT molecular complexity index is 382. The van der Waals surface area contributed by atoms with Crippen molar-refractivity contribution in [2.45, 2.75) is 33.3 Å². The number of nitrogens with zero attached hydrogens (tertiary/aromatic N) is 2. The maximum Gasteiger partial charge on any atom is 0.221 e. The molecule has 4 heteroatoms. The molecule has 0 unspecified atom stereocenters. The zero-order chi connectivity index (χ0) is 11.8. The van der Waals surface area contributed by atoms with Gasteiger partial charge in [0.2, 0.25) is 11.8 Å². The second kappa shape index (κ2) is 6.67. The van der Waals surface area contributed by atoms with Crippen LogP contribution in [0.4, 0.5) is 0 Å². The van der Waals surface area contributed by atoms with Gasteiger partial charge in [-0.05, 0) is 20.3 Å². The standard InChI is InChI=1S/C12H16N2O2/c1-4-6-7-15-11-8-12(14-9-13-11)16-10(3)5-2/h8-10H,5,7H2,1-3H3/t10-/m1/s1. The average molecular weight is 220 g/mol. The van der Waals surface area contributed by atoms with Crippen LogP contribution in [-0.2, 0) is 0 Å². The van der Waals surface area contributed by atoms with Gasteiger partial charge in [-0.1, -0.05) is 12.8 Å². The molecule has 16 heavy (non-hydrogen) atoms. The molecule has 86 valence electrons. The van der Waals surface area contributed by atoms with Crippen molar-refractivity contribution in [3.05, 3.63) is 12.4 Å². The van der Waals surface area contributed by atoms with Crippen molar-refractivity contribution in [2.24, 2.45) is 0 Å². The number of ether oxygens (including phenoxy) is 2. The van der Waals surface area contributed by atoms with Crippen molar-refractivity contribution < 1.29 is 9.47 Å². The van der Waals surface area contributed by atoms with Crippen LogP contribution in [0, 0.1) is 11.8 Å². The third-order valence-electron chi connectivity index (χ3n) is 1.98. The van der Waals surface area contributed by atoms with Crippen LogP contribution >= 0.6 is 0 Å². The van der Waals surface area contributed by atoms with E-state index in [0.717, 1.165) is 6.42 Å². The second-order valence-corrected chi connectivity index (χ2v) is 3.25. The molecular weight excluding hydrogens is 204 g/mol. The van der Waals surface area contributed by atoms with E-state index in [9.17, 15) is 0 Å². The zero-order valence-electron chi connectivity index (χ0n) is 9.86. The summed E-state index contributed by atoms with van der Waals surface area (Å²) in [4.78, 5) is 7.97. The summed E-state index contributed by atoms with van der Waals surface area (Å²) in [7, 11) is 0. The molecule has 0 aliphatic carbocycles. The topological polar surface area (TPSA) is 44.2 Å². The Morgan fingerprint density at radius 2 is 2.12 bits per heavy atom. The molecule has 0 bridgehead atoms. The highest BCUT2D eigenvalue weighted by molar-refractivity contribution is 5.19. The van der Waals surface area contributed by atoms with Crippen molar-refractivity contribution >= 4 is 0 Å². The second-order valence-electron chi connectivity index (χ2n) is 3.25. The zero-order valence-corrected chi connectivity index (χ0v) is 9.86. The minimum absolute atomic E-state index is 0.137. The number of hydrogen-bond donors (Lipinski definition) is 0. The fourth-order valence-electron chi connectivity index (χ4n) is 0.938. The molecule has 0 amide bonds. The molecule has 0 saturated heterocycles. The molecule has 0 aliphatic rings. The Kier molecular flexibility index (Phi) is 5.13. The highest BCUT2D eigenvalue weighted by Gasteiger charge is 2.04. The molecule has 0 saturated carbocycles. The summed E-state index contributed by atoms with van der Waals surface area (Å²) >= 11 is 0.